The van der Waals surface area contributed by atoms with Crippen LogP contribution in [0.2, 0.25) is 0 Å². The highest BCUT2D eigenvalue weighted by atomic mass is 16.5. The lowest BCUT2D eigenvalue weighted by atomic mass is 10.0. The molecule has 0 aliphatic carbocycles. The zero-order valence-electron chi connectivity index (χ0n) is 15.9. The summed E-state index contributed by atoms with van der Waals surface area (Å²) in [4.78, 5) is 16.4. The van der Waals surface area contributed by atoms with Crippen LogP contribution in [-0.2, 0) is 11.2 Å². The normalized spacial score (nSPS) is 10.5. The summed E-state index contributed by atoms with van der Waals surface area (Å²) in [5.41, 5.74) is 3.88. The van der Waals surface area contributed by atoms with Gasteiger partial charge in [0.05, 0.1) is 6.33 Å². The largest absolute Gasteiger partial charge is 0.483 e. The first-order valence-corrected chi connectivity index (χ1v) is 9.41. The third kappa shape index (κ3) is 4.90. The lowest BCUT2D eigenvalue weighted by molar-refractivity contribution is -0.118. The van der Waals surface area contributed by atoms with Gasteiger partial charge in [0.2, 0.25) is 0 Å². The van der Waals surface area contributed by atoms with E-state index >= 15 is 0 Å². The van der Waals surface area contributed by atoms with E-state index in [1.165, 1.54) is 5.56 Å². The highest BCUT2D eigenvalue weighted by Crippen LogP contribution is 2.21. The lowest BCUT2D eigenvalue weighted by Crippen LogP contribution is -2.20. The average molecular weight is 383 g/mol. The quantitative estimate of drug-likeness (QED) is 0.512. The van der Waals surface area contributed by atoms with Gasteiger partial charge in [-0.15, -0.1) is 0 Å². The number of carbonyl (C=O) groups excluding carboxylic acids is 1. The van der Waals surface area contributed by atoms with E-state index in [0.29, 0.717) is 5.69 Å². The van der Waals surface area contributed by atoms with Crippen molar-refractivity contribution < 1.29 is 9.53 Å². The number of nitrogens with one attached hydrogen (secondary N) is 1. The maximum Gasteiger partial charge on any atom is 0.262 e. The van der Waals surface area contributed by atoms with E-state index < -0.39 is 0 Å². The predicted molar refractivity (Wildman–Crippen MR) is 113 cm³/mol. The van der Waals surface area contributed by atoms with Crippen LogP contribution in [0.1, 0.15) is 11.1 Å². The van der Waals surface area contributed by atoms with E-state index in [1.54, 1.807) is 12.5 Å². The fourth-order valence-corrected chi connectivity index (χ4v) is 3.10. The summed E-state index contributed by atoms with van der Waals surface area (Å²) >= 11 is 0. The molecule has 4 aromatic rings. The van der Waals surface area contributed by atoms with Crippen molar-refractivity contribution in [1.82, 2.24) is 9.55 Å². The van der Waals surface area contributed by atoms with Crippen molar-refractivity contribution in [2.75, 3.05) is 11.9 Å². The molecule has 3 aromatic carbocycles. The molecule has 0 saturated heterocycles. The van der Waals surface area contributed by atoms with Crippen LogP contribution in [0, 0.1) is 0 Å². The Hall–Kier alpha value is -3.86. The van der Waals surface area contributed by atoms with Gasteiger partial charge in [0.25, 0.3) is 5.91 Å². The number of amides is 1. The van der Waals surface area contributed by atoms with Gasteiger partial charge in [-0.05, 0) is 35.4 Å². The van der Waals surface area contributed by atoms with Crippen LogP contribution in [0.3, 0.4) is 0 Å². The summed E-state index contributed by atoms with van der Waals surface area (Å²) in [5.74, 6) is 0.515. The van der Waals surface area contributed by atoms with Gasteiger partial charge in [-0.1, -0.05) is 54.6 Å². The van der Waals surface area contributed by atoms with Crippen molar-refractivity contribution in [2.45, 2.75) is 6.42 Å². The smallest absolute Gasteiger partial charge is 0.262 e. The highest BCUT2D eigenvalue weighted by Gasteiger charge is 2.08. The summed E-state index contributed by atoms with van der Waals surface area (Å²) in [6, 6.07) is 25.6. The molecule has 0 aliphatic rings. The lowest BCUT2D eigenvalue weighted by Gasteiger charge is -2.12. The molecule has 0 aliphatic heterocycles. The second kappa shape index (κ2) is 8.89. The average Bonchev–Trinajstić information content (AvgIpc) is 3.29. The van der Waals surface area contributed by atoms with Gasteiger partial charge in [-0.3, -0.25) is 4.79 Å². The SMILES string of the molecule is O=C(COc1ccccc1Cc1ccccc1)Nc1cccc(-n2ccnc2)c1. The van der Waals surface area contributed by atoms with Crippen LogP contribution in [0.25, 0.3) is 5.69 Å². The topological polar surface area (TPSA) is 56.1 Å². The van der Waals surface area contributed by atoms with Gasteiger partial charge in [-0.25, -0.2) is 4.98 Å². The Balaban J connectivity index is 1.39. The zero-order chi connectivity index (χ0) is 19.9. The second-order valence-electron chi connectivity index (χ2n) is 6.63. The molecule has 0 saturated carbocycles. The molecular formula is C24H21N3O2. The minimum absolute atomic E-state index is 0.0545. The molecule has 1 N–H and O–H groups in total. The van der Waals surface area contributed by atoms with Crippen molar-refractivity contribution in [3.8, 4) is 11.4 Å². The van der Waals surface area contributed by atoms with Gasteiger partial charge in [0.1, 0.15) is 5.75 Å². The van der Waals surface area contributed by atoms with E-state index in [4.69, 9.17) is 4.74 Å². The van der Waals surface area contributed by atoms with Gasteiger partial charge in [0.15, 0.2) is 6.61 Å². The maximum absolute atomic E-state index is 12.4. The number of ether oxygens (including phenoxy) is 1. The molecule has 4 rings (SSSR count). The second-order valence-corrected chi connectivity index (χ2v) is 6.63. The third-order valence-corrected chi connectivity index (χ3v) is 4.50. The molecule has 0 spiro atoms. The summed E-state index contributed by atoms with van der Waals surface area (Å²) < 4.78 is 7.70. The molecule has 5 heteroatoms. The minimum Gasteiger partial charge on any atom is -0.483 e. The number of hydrogen-bond donors (Lipinski definition) is 1. The Bertz CT molecular complexity index is 1080. The van der Waals surface area contributed by atoms with Crippen LogP contribution < -0.4 is 10.1 Å². The van der Waals surface area contributed by atoms with Gasteiger partial charge >= 0.3 is 0 Å². The van der Waals surface area contributed by atoms with Gasteiger partial charge in [-0.2, -0.15) is 0 Å². The van der Waals surface area contributed by atoms with E-state index in [2.05, 4.69) is 22.4 Å². The number of anilines is 1. The summed E-state index contributed by atoms with van der Waals surface area (Å²) in [6.07, 6.45) is 6.04. The van der Waals surface area contributed by atoms with Crippen molar-refractivity contribution in [3.63, 3.8) is 0 Å². The molecule has 1 aromatic heterocycles. The summed E-state index contributed by atoms with van der Waals surface area (Å²) in [5, 5.41) is 2.89. The van der Waals surface area contributed by atoms with Gasteiger partial charge in [0, 0.05) is 30.2 Å². The molecular weight excluding hydrogens is 362 g/mol. The van der Waals surface area contributed by atoms with Crippen LogP contribution >= 0.6 is 0 Å². The van der Waals surface area contributed by atoms with Crippen molar-refractivity contribution in [1.29, 1.82) is 0 Å². The predicted octanol–water partition coefficient (Wildman–Crippen LogP) is 4.48. The monoisotopic (exact) mass is 383 g/mol. The molecule has 0 fully saturated rings. The first-order chi connectivity index (χ1) is 14.3. The molecule has 0 radical (unpaired) electrons. The zero-order valence-corrected chi connectivity index (χ0v) is 15.9. The molecule has 29 heavy (non-hydrogen) atoms. The Morgan fingerprint density at radius 3 is 2.62 bits per heavy atom. The Labute approximate surface area is 169 Å². The number of para-hydroxylation sites is 1. The Morgan fingerprint density at radius 2 is 1.79 bits per heavy atom. The number of rotatable bonds is 7. The Kier molecular flexibility index (Phi) is 5.67. The van der Waals surface area contributed by atoms with Crippen LogP contribution in [-0.4, -0.2) is 22.1 Å². The summed E-state index contributed by atoms with van der Waals surface area (Å²) in [6.45, 7) is -0.0545. The molecule has 0 unspecified atom stereocenters. The number of nitrogens with zero attached hydrogens (tertiary/aromatic N) is 2. The van der Waals surface area contributed by atoms with Crippen molar-refractivity contribution in [3.05, 3.63) is 109 Å². The minimum atomic E-state index is -0.206. The van der Waals surface area contributed by atoms with E-state index in [0.717, 1.165) is 23.4 Å². The van der Waals surface area contributed by atoms with Crippen LogP contribution in [0.4, 0.5) is 5.69 Å². The van der Waals surface area contributed by atoms with Crippen LogP contribution in [0.5, 0.6) is 5.75 Å². The molecule has 1 amide bonds. The first kappa shape index (κ1) is 18.5. The van der Waals surface area contributed by atoms with Gasteiger partial charge < -0.3 is 14.6 Å². The number of hydrogen-bond acceptors (Lipinski definition) is 3. The molecule has 0 bridgehead atoms. The fourth-order valence-electron chi connectivity index (χ4n) is 3.10. The number of aromatic nitrogens is 2. The number of carbonyl (C=O) groups is 1. The van der Waals surface area contributed by atoms with E-state index in [9.17, 15) is 4.79 Å². The maximum atomic E-state index is 12.4. The third-order valence-electron chi connectivity index (χ3n) is 4.50. The van der Waals surface area contributed by atoms with Crippen molar-refractivity contribution >= 4 is 11.6 Å². The molecule has 144 valence electrons. The van der Waals surface area contributed by atoms with Crippen LogP contribution in [0.15, 0.2) is 97.6 Å². The molecule has 1 heterocycles. The number of benzene rings is 3. The fraction of sp³-hybridized carbons (Fsp3) is 0.0833. The first-order valence-electron chi connectivity index (χ1n) is 9.41. The Morgan fingerprint density at radius 1 is 0.966 bits per heavy atom. The standard InChI is InChI=1S/C24H21N3O2/c28-24(26-21-10-6-11-22(16-21)27-14-13-25-18-27)17-29-23-12-5-4-9-20(23)15-19-7-2-1-3-8-19/h1-14,16,18H,15,17H2,(H,26,28). The van der Waals surface area contributed by atoms with Crippen molar-refractivity contribution in [2.24, 2.45) is 0 Å². The van der Waals surface area contributed by atoms with E-state index in [-0.39, 0.29) is 12.5 Å². The summed E-state index contributed by atoms with van der Waals surface area (Å²) in [7, 11) is 0. The number of imidazole rings is 1. The highest BCUT2D eigenvalue weighted by molar-refractivity contribution is 5.92. The molecule has 0 atom stereocenters. The van der Waals surface area contributed by atoms with E-state index in [1.807, 2.05) is 77.5 Å². The molecule has 5 nitrogen and oxygen atoms in total.